The van der Waals surface area contributed by atoms with Gasteiger partial charge in [0.1, 0.15) is 5.75 Å². The summed E-state index contributed by atoms with van der Waals surface area (Å²) in [6, 6.07) is 21.2. The fraction of sp³-hybridized carbons (Fsp3) is 0.148. The monoisotopic (exact) mass is 458 g/mol. The lowest BCUT2D eigenvalue weighted by molar-refractivity contribution is -0.116. The van der Waals surface area contributed by atoms with Crippen molar-refractivity contribution in [2.24, 2.45) is 0 Å². The van der Waals surface area contributed by atoms with Gasteiger partial charge in [-0.25, -0.2) is 4.79 Å². The summed E-state index contributed by atoms with van der Waals surface area (Å²) in [6.07, 6.45) is 2.42. The Balaban J connectivity index is 1.58. The van der Waals surface area contributed by atoms with Crippen molar-refractivity contribution in [3.05, 3.63) is 101 Å². The van der Waals surface area contributed by atoms with Crippen molar-refractivity contribution in [2.75, 3.05) is 11.9 Å². The molecular weight excluding hydrogens is 432 g/mol. The van der Waals surface area contributed by atoms with E-state index in [0.717, 1.165) is 16.7 Å². The maximum absolute atomic E-state index is 12.7. The largest absolute Gasteiger partial charge is 0.513 e. The number of aryl methyl sites for hydroxylation is 1. The summed E-state index contributed by atoms with van der Waals surface area (Å²) in [6.45, 7) is 4.15. The highest BCUT2D eigenvalue weighted by Crippen LogP contribution is 2.18. The van der Waals surface area contributed by atoms with Crippen LogP contribution in [0.4, 0.5) is 10.5 Å². The van der Waals surface area contributed by atoms with Crippen LogP contribution < -0.4 is 15.4 Å². The molecule has 0 saturated heterocycles. The van der Waals surface area contributed by atoms with Gasteiger partial charge >= 0.3 is 6.16 Å². The molecule has 0 fully saturated rings. The van der Waals surface area contributed by atoms with Crippen molar-refractivity contribution in [2.45, 2.75) is 20.4 Å². The van der Waals surface area contributed by atoms with Crippen LogP contribution in [-0.2, 0) is 16.1 Å². The van der Waals surface area contributed by atoms with Crippen molar-refractivity contribution < 1.29 is 23.9 Å². The zero-order chi connectivity index (χ0) is 24.3. The summed E-state index contributed by atoms with van der Waals surface area (Å²) in [4.78, 5) is 36.3. The van der Waals surface area contributed by atoms with E-state index in [0.29, 0.717) is 11.3 Å². The Morgan fingerprint density at radius 1 is 0.912 bits per heavy atom. The number of ether oxygens (including phenoxy) is 2. The quantitative estimate of drug-likeness (QED) is 0.278. The van der Waals surface area contributed by atoms with E-state index in [1.165, 1.54) is 18.2 Å². The number of carbonyl (C=O) groups excluding carboxylic acids is 3. The summed E-state index contributed by atoms with van der Waals surface area (Å²) in [5.74, 6) is -0.295. The maximum Gasteiger partial charge on any atom is 0.513 e. The number of para-hydroxylation sites is 1. The molecule has 0 aromatic heterocycles. The van der Waals surface area contributed by atoms with Crippen molar-refractivity contribution in [3.8, 4) is 5.75 Å². The zero-order valence-electron chi connectivity index (χ0n) is 19.0. The van der Waals surface area contributed by atoms with Crippen LogP contribution in [-0.4, -0.2) is 24.6 Å². The molecule has 3 rings (SSSR count). The molecular formula is C27H26N2O5. The molecule has 0 aliphatic carbocycles. The van der Waals surface area contributed by atoms with Crippen molar-refractivity contribution in [1.29, 1.82) is 0 Å². The molecule has 0 atom stereocenters. The summed E-state index contributed by atoms with van der Waals surface area (Å²) in [5, 5.41) is 5.69. The third kappa shape index (κ3) is 7.34. The van der Waals surface area contributed by atoms with Gasteiger partial charge in [0.25, 0.3) is 5.91 Å². The van der Waals surface area contributed by atoms with E-state index in [9.17, 15) is 14.4 Å². The van der Waals surface area contributed by atoms with Crippen LogP contribution in [0.15, 0.2) is 78.9 Å². The predicted molar refractivity (Wildman–Crippen MR) is 131 cm³/mol. The molecule has 0 heterocycles. The minimum Gasteiger partial charge on any atom is -0.434 e. The highest BCUT2D eigenvalue weighted by molar-refractivity contribution is 6.04. The van der Waals surface area contributed by atoms with Gasteiger partial charge in [0.2, 0.25) is 5.91 Å². The van der Waals surface area contributed by atoms with Gasteiger partial charge < -0.3 is 20.1 Å². The lowest BCUT2D eigenvalue weighted by atomic mass is 10.1. The van der Waals surface area contributed by atoms with Crippen LogP contribution >= 0.6 is 0 Å². The minimum absolute atomic E-state index is 0.211. The lowest BCUT2D eigenvalue weighted by Crippen LogP contribution is -2.22. The first-order chi connectivity index (χ1) is 16.4. The van der Waals surface area contributed by atoms with Crippen molar-refractivity contribution >= 4 is 29.7 Å². The molecule has 0 aliphatic heterocycles. The van der Waals surface area contributed by atoms with Crippen LogP contribution in [0.1, 0.15) is 34.0 Å². The van der Waals surface area contributed by atoms with Crippen LogP contribution in [0.2, 0.25) is 0 Å². The number of benzene rings is 3. The molecule has 7 heteroatoms. The van der Waals surface area contributed by atoms with Gasteiger partial charge in [-0.1, -0.05) is 48.0 Å². The number of carbonyl (C=O) groups is 3. The molecule has 0 bridgehead atoms. The Morgan fingerprint density at radius 3 is 2.32 bits per heavy atom. The Kier molecular flexibility index (Phi) is 8.57. The molecule has 7 nitrogen and oxygen atoms in total. The first-order valence-corrected chi connectivity index (χ1v) is 10.8. The average molecular weight is 459 g/mol. The fourth-order valence-corrected chi connectivity index (χ4v) is 3.00. The van der Waals surface area contributed by atoms with E-state index >= 15 is 0 Å². The van der Waals surface area contributed by atoms with Gasteiger partial charge in [-0.05, 0) is 61.4 Å². The summed E-state index contributed by atoms with van der Waals surface area (Å²) in [7, 11) is 0. The number of anilines is 1. The van der Waals surface area contributed by atoms with Crippen LogP contribution in [0.3, 0.4) is 0 Å². The normalized spacial score (nSPS) is 10.5. The molecule has 0 unspecified atom stereocenters. The smallest absolute Gasteiger partial charge is 0.434 e. The number of hydrogen-bond donors (Lipinski definition) is 2. The van der Waals surface area contributed by atoms with E-state index in [-0.39, 0.29) is 30.7 Å². The molecule has 34 heavy (non-hydrogen) atoms. The van der Waals surface area contributed by atoms with E-state index in [4.69, 9.17) is 9.47 Å². The fourth-order valence-electron chi connectivity index (χ4n) is 3.00. The number of hydrogen-bond acceptors (Lipinski definition) is 5. The Bertz CT molecular complexity index is 1170. The summed E-state index contributed by atoms with van der Waals surface area (Å²) >= 11 is 0. The first kappa shape index (κ1) is 24.3. The summed E-state index contributed by atoms with van der Waals surface area (Å²) < 4.78 is 9.72. The Morgan fingerprint density at radius 2 is 1.62 bits per heavy atom. The van der Waals surface area contributed by atoms with Crippen LogP contribution in [0.5, 0.6) is 5.75 Å². The predicted octanol–water partition coefficient (Wildman–Crippen LogP) is 5.11. The molecule has 0 saturated carbocycles. The molecule has 0 radical (unpaired) electrons. The van der Waals surface area contributed by atoms with Gasteiger partial charge in [-0.3, -0.25) is 9.59 Å². The van der Waals surface area contributed by atoms with E-state index in [1.54, 1.807) is 37.3 Å². The Labute approximate surface area is 198 Å². The van der Waals surface area contributed by atoms with E-state index in [1.807, 2.05) is 43.3 Å². The number of nitrogens with one attached hydrogen (secondary N) is 2. The molecule has 2 N–H and O–H groups in total. The third-order valence-electron chi connectivity index (χ3n) is 4.80. The molecule has 0 spiro atoms. The standard InChI is InChI=1S/C27H26N2O5/c1-3-33-27(32)34-23-15-13-21(14-16-23)26(31)29-24-7-5-4-6-22(24)18-28-25(30)17-12-20-10-8-19(2)9-11-20/h4-17H,3,18H2,1-2H3,(H,28,30)(H,29,31)/b17-12+. The SMILES string of the molecule is CCOC(=O)Oc1ccc(C(=O)Nc2ccccc2CNC(=O)/C=C/c2ccc(C)cc2)cc1. The van der Waals surface area contributed by atoms with E-state index < -0.39 is 6.16 Å². The second-order valence-corrected chi connectivity index (χ2v) is 7.38. The van der Waals surface area contributed by atoms with Gasteiger partial charge in [-0.15, -0.1) is 0 Å². The third-order valence-corrected chi connectivity index (χ3v) is 4.80. The van der Waals surface area contributed by atoms with Gasteiger partial charge in [-0.2, -0.15) is 0 Å². The van der Waals surface area contributed by atoms with Crippen molar-refractivity contribution in [1.82, 2.24) is 5.32 Å². The second-order valence-electron chi connectivity index (χ2n) is 7.38. The Hall–Kier alpha value is -4.39. The minimum atomic E-state index is -0.801. The lowest BCUT2D eigenvalue weighted by Gasteiger charge is -2.12. The topological polar surface area (TPSA) is 93.7 Å². The number of rotatable bonds is 8. The van der Waals surface area contributed by atoms with Crippen LogP contribution in [0, 0.1) is 6.92 Å². The second kappa shape index (κ2) is 12.0. The van der Waals surface area contributed by atoms with Gasteiger partial charge in [0.05, 0.1) is 6.61 Å². The number of amides is 2. The van der Waals surface area contributed by atoms with Crippen molar-refractivity contribution in [3.63, 3.8) is 0 Å². The van der Waals surface area contributed by atoms with Gasteiger partial charge in [0.15, 0.2) is 0 Å². The zero-order valence-corrected chi connectivity index (χ0v) is 19.0. The van der Waals surface area contributed by atoms with Crippen LogP contribution in [0.25, 0.3) is 6.08 Å². The highest BCUT2D eigenvalue weighted by Gasteiger charge is 2.11. The maximum atomic E-state index is 12.7. The first-order valence-electron chi connectivity index (χ1n) is 10.8. The molecule has 3 aromatic rings. The van der Waals surface area contributed by atoms with E-state index in [2.05, 4.69) is 10.6 Å². The molecule has 2 amide bonds. The molecule has 0 aliphatic rings. The molecule has 174 valence electrons. The summed E-state index contributed by atoms with van der Waals surface area (Å²) in [5.41, 5.74) is 3.82. The highest BCUT2D eigenvalue weighted by atomic mass is 16.7. The molecule has 3 aromatic carbocycles. The van der Waals surface area contributed by atoms with Gasteiger partial charge in [0, 0.05) is 23.9 Å². The average Bonchev–Trinajstić information content (AvgIpc) is 2.83.